The lowest BCUT2D eigenvalue weighted by Crippen LogP contribution is -2.42. The van der Waals surface area contributed by atoms with E-state index in [4.69, 9.17) is 5.73 Å². The van der Waals surface area contributed by atoms with Crippen molar-refractivity contribution in [2.75, 3.05) is 0 Å². The first kappa shape index (κ1) is 19.9. The Labute approximate surface area is 142 Å². The Hall–Kier alpha value is -0.0900. The highest BCUT2D eigenvalue weighted by Crippen LogP contribution is 2.25. The van der Waals surface area contributed by atoms with Gasteiger partial charge in [-0.3, -0.25) is 0 Å². The average molecular weight is 389 g/mol. The van der Waals surface area contributed by atoms with Gasteiger partial charge in [-0.05, 0) is 38.2 Å². The van der Waals surface area contributed by atoms with Gasteiger partial charge in [0.2, 0.25) is 0 Å². The standard InChI is InChI=1S/C18H31N.HI/c1-4-5-6-7-11-14-17(18(2,3)19)15-16-12-9-8-10-13-16;/h8-10,12-13,17H,4-7,11,14-15,19H2,1-3H3;1H. The van der Waals surface area contributed by atoms with Gasteiger partial charge in [0.05, 0.1) is 0 Å². The van der Waals surface area contributed by atoms with Crippen molar-refractivity contribution < 1.29 is 0 Å². The van der Waals surface area contributed by atoms with E-state index in [0.717, 1.165) is 6.42 Å². The fraction of sp³-hybridized carbons (Fsp3) is 0.667. The number of hydrogen-bond acceptors (Lipinski definition) is 1. The highest BCUT2D eigenvalue weighted by Gasteiger charge is 2.24. The Morgan fingerprint density at radius 2 is 1.60 bits per heavy atom. The zero-order valence-electron chi connectivity index (χ0n) is 13.4. The summed E-state index contributed by atoms with van der Waals surface area (Å²) in [6.45, 7) is 6.61. The second kappa shape index (κ2) is 10.6. The van der Waals surface area contributed by atoms with Gasteiger partial charge in [-0.1, -0.05) is 69.4 Å². The molecule has 0 aromatic heterocycles. The normalized spacial score (nSPS) is 12.8. The van der Waals surface area contributed by atoms with E-state index in [1.54, 1.807) is 0 Å². The molecule has 1 unspecified atom stereocenters. The zero-order valence-corrected chi connectivity index (χ0v) is 15.7. The molecule has 0 radical (unpaired) electrons. The maximum atomic E-state index is 6.37. The molecule has 0 heterocycles. The SMILES string of the molecule is CCCCCCCC(Cc1ccccc1)C(C)(C)N.I. The number of rotatable bonds is 9. The van der Waals surface area contributed by atoms with E-state index >= 15 is 0 Å². The number of hydrogen-bond donors (Lipinski definition) is 1. The van der Waals surface area contributed by atoms with Gasteiger partial charge in [-0.25, -0.2) is 0 Å². The van der Waals surface area contributed by atoms with Gasteiger partial charge in [0.15, 0.2) is 0 Å². The third kappa shape index (κ3) is 8.25. The highest BCUT2D eigenvalue weighted by atomic mass is 127. The first-order chi connectivity index (χ1) is 9.04. The number of unbranched alkanes of at least 4 members (excludes halogenated alkanes) is 4. The Morgan fingerprint density at radius 1 is 1.00 bits per heavy atom. The topological polar surface area (TPSA) is 26.0 Å². The summed E-state index contributed by atoms with van der Waals surface area (Å²) in [4.78, 5) is 0. The number of nitrogens with two attached hydrogens (primary N) is 1. The Morgan fingerprint density at radius 3 is 2.15 bits per heavy atom. The first-order valence-corrected chi connectivity index (χ1v) is 7.87. The van der Waals surface area contributed by atoms with Gasteiger partial charge in [0, 0.05) is 5.54 Å². The van der Waals surface area contributed by atoms with E-state index in [1.165, 1.54) is 44.1 Å². The van der Waals surface area contributed by atoms with Crippen molar-refractivity contribution in [3.63, 3.8) is 0 Å². The van der Waals surface area contributed by atoms with E-state index in [2.05, 4.69) is 51.1 Å². The van der Waals surface area contributed by atoms with Crippen LogP contribution in [-0.2, 0) is 6.42 Å². The molecule has 2 heteroatoms. The van der Waals surface area contributed by atoms with Crippen LogP contribution in [0.1, 0.15) is 64.9 Å². The molecule has 0 amide bonds. The number of benzene rings is 1. The summed E-state index contributed by atoms with van der Waals surface area (Å²) >= 11 is 0. The van der Waals surface area contributed by atoms with Crippen molar-refractivity contribution in [3.8, 4) is 0 Å². The summed E-state index contributed by atoms with van der Waals surface area (Å²) in [6.07, 6.45) is 9.10. The molecule has 0 bridgehead atoms. The van der Waals surface area contributed by atoms with Crippen LogP contribution >= 0.6 is 24.0 Å². The minimum Gasteiger partial charge on any atom is -0.325 e. The number of halogens is 1. The molecular weight excluding hydrogens is 357 g/mol. The van der Waals surface area contributed by atoms with E-state index in [9.17, 15) is 0 Å². The quantitative estimate of drug-likeness (QED) is 0.434. The van der Waals surface area contributed by atoms with Crippen LogP contribution in [0.2, 0.25) is 0 Å². The minimum absolute atomic E-state index is 0. The lowest BCUT2D eigenvalue weighted by molar-refractivity contribution is 0.290. The molecule has 0 saturated carbocycles. The van der Waals surface area contributed by atoms with E-state index in [-0.39, 0.29) is 29.5 Å². The second-order valence-electron chi connectivity index (χ2n) is 6.41. The third-order valence-electron chi connectivity index (χ3n) is 4.03. The molecule has 1 aromatic carbocycles. The molecule has 1 nitrogen and oxygen atoms in total. The molecule has 116 valence electrons. The van der Waals surface area contributed by atoms with Gasteiger partial charge in [0.1, 0.15) is 0 Å². The molecular formula is C18H32IN. The van der Waals surface area contributed by atoms with Crippen molar-refractivity contribution in [2.45, 2.75) is 71.3 Å². The van der Waals surface area contributed by atoms with Crippen molar-refractivity contribution in [1.29, 1.82) is 0 Å². The monoisotopic (exact) mass is 389 g/mol. The smallest absolute Gasteiger partial charge is 0.0129 e. The summed E-state index contributed by atoms with van der Waals surface area (Å²) in [7, 11) is 0. The molecule has 0 spiro atoms. The molecule has 1 rings (SSSR count). The zero-order chi connectivity index (χ0) is 14.1. The molecule has 0 fully saturated rings. The van der Waals surface area contributed by atoms with Crippen LogP contribution < -0.4 is 5.73 Å². The first-order valence-electron chi connectivity index (χ1n) is 7.87. The summed E-state index contributed by atoms with van der Waals surface area (Å²) in [5, 5.41) is 0. The van der Waals surface area contributed by atoms with E-state index < -0.39 is 0 Å². The lowest BCUT2D eigenvalue weighted by atomic mass is 9.80. The maximum absolute atomic E-state index is 6.37. The van der Waals surface area contributed by atoms with Gasteiger partial charge >= 0.3 is 0 Å². The Kier molecular flexibility index (Phi) is 10.6. The van der Waals surface area contributed by atoms with Crippen molar-refractivity contribution in [3.05, 3.63) is 35.9 Å². The minimum atomic E-state index is -0.0827. The maximum Gasteiger partial charge on any atom is 0.0129 e. The predicted octanol–water partition coefficient (Wildman–Crippen LogP) is 5.56. The van der Waals surface area contributed by atoms with Crippen LogP contribution in [0.4, 0.5) is 0 Å². The van der Waals surface area contributed by atoms with Crippen LogP contribution in [0.3, 0.4) is 0 Å². The lowest BCUT2D eigenvalue weighted by Gasteiger charge is -2.31. The average Bonchev–Trinajstić information content (AvgIpc) is 2.37. The van der Waals surface area contributed by atoms with Gasteiger partial charge in [-0.15, -0.1) is 24.0 Å². The van der Waals surface area contributed by atoms with Crippen LogP contribution in [-0.4, -0.2) is 5.54 Å². The van der Waals surface area contributed by atoms with E-state index in [0.29, 0.717) is 5.92 Å². The van der Waals surface area contributed by atoms with Crippen LogP contribution in [0.25, 0.3) is 0 Å². The fourth-order valence-electron chi connectivity index (χ4n) is 2.63. The molecule has 1 atom stereocenters. The van der Waals surface area contributed by atoms with Gasteiger partial charge in [-0.2, -0.15) is 0 Å². The van der Waals surface area contributed by atoms with Crippen LogP contribution in [0.15, 0.2) is 30.3 Å². The highest BCUT2D eigenvalue weighted by molar-refractivity contribution is 14.0. The van der Waals surface area contributed by atoms with Crippen LogP contribution in [0.5, 0.6) is 0 Å². The van der Waals surface area contributed by atoms with E-state index in [1.807, 2.05) is 0 Å². The Balaban J connectivity index is 0.00000361. The molecule has 20 heavy (non-hydrogen) atoms. The molecule has 0 saturated heterocycles. The third-order valence-corrected chi connectivity index (χ3v) is 4.03. The second-order valence-corrected chi connectivity index (χ2v) is 6.41. The van der Waals surface area contributed by atoms with Gasteiger partial charge < -0.3 is 5.73 Å². The summed E-state index contributed by atoms with van der Waals surface area (Å²) in [5.74, 6) is 0.580. The largest absolute Gasteiger partial charge is 0.325 e. The molecule has 0 aliphatic rings. The predicted molar refractivity (Wildman–Crippen MR) is 101 cm³/mol. The van der Waals surface area contributed by atoms with Crippen molar-refractivity contribution in [2.24, 2.45) is 11.7 Å². The summed E-state index contributed by atoms with van der Waals surface area (Å²) in [6, 6.07) is 10.8. The van der Waals surface area contributed by atoms with Crippen molar-refractivity contribution >= 4 is 24.0 Å². The molecule has 0 aliphatic carbocycles. The Bertz CT molecular complexity index is 329. The van der Waals surface area contributed by atoms with Gasteiger partial charge in [0.25, 0.3) is 0 Å². The van der Waals surface area contributed by atoms with Crippen LogP contribution in [0, 0.1) is 5.92 Å². The summed E-state index contributed by atoms with van der Waals surface area (Å²) in [5.41, 5.74) is 7.70. The van der Waals surface area contributed by atoms with Crippen molar-refractivity contribution in [1.82, 2.24) is 0 Å². The fourth-order valence-corrected chi connectivity index (χ4v) is 2.63. The molecule has 2 N–H and O–H groups in total. The molecule has 0 aliphatic heterocycles. The summed E-state index contributed by atoms with van der Waals surface area (Å²) < 4.78 is 0. The molecule has 1 aromatic rings.